The molecular weight excluding hydrogens is 781 g/mol. The van der Waals surface area contributed by atoms with Crippen LogP contribution in [-0.2, 0) is 28.6 Å². The average Bonchev–Trinajstić information content (AvgIpc) is 3.28. The van der Waals surface area contributed by atoms with E-state index in [4.69, 9.17) is 14.2 Å². The minimum atomic E-state index is -0.759. The second-order valence-electron chi connectivity index (χ2n) is 19.6. The molecule has 63 heavy (non-hydrogen) atoms. The van der Waals surface area contributed by atoms with Crippen molar-refractivity contribution in [3.8, 4) is 0 Å². The molecule has 0 bridgehead atoms. The highest BCUT2D eigenvalue weighted by atomic mass is 16.6. The van der Waals surface area contributed by atoms with Gasteiger partial charge in [0.2, 0.25) is 0 Å². The molecule has 0 spiro atoms. The zero-order valence-corrected chi connectivity index (χ0v) is 42.9. The molecule has 0 aliphatic rings. The number of ether oxygens (including phenoxy) is 3. The largest absolute Gasteiger partial charge is 0.462 e. The molecule has 0 saturated carbocycles. The van der Waals surface area contributed by atoms with Crippen LogP contribution in [0.3, 0.4) is 0 Å². The van der Waals surface area contributed by atoms with Gasteiger partial charge in [-0.05, 0) is 19.3 Å². The Kier molecular flexibility index (Phi) is 51.7. The van der Waals surface area contributed by atoms with Gasteiger partial charge in [0.15, 0.2) is 6.10 Å². The Bertz CT molecular complexity index is 936. The van der Waals surface area contributed by atoms with Crippen LogP contribution in [0.15, 0.2) is 0 Å². The van der Waals surface area contributed by atoms with Gasteiger partial charge in [-0.3, -0.25) is 14.4 Å². The van der Waals surface area contributed by atoms with E-state index >= 15 is 0 Å². The molecule has 0 aliphatic heterocycles. The van der Waals surface area contributed by atoms with Crippen LogP contribution in [0, 0.1) is 0 Å². The zero-order valence-electron chi connectivity index (χ0n) is 42.9. The summed E-state index contributed by atoms with van der Waals surface area (Å²) in [5.41, 5.74) is 0. The highest BCUT2D eigenvalue weighted by molar-refractivity contribution is 5.71. The maximum absolute atomic E-state index is 12.8. The summed E-state index contributed by atoms with van der Waals surface area (Å²) in [7, 11) is 0. The molecule has 0 aromatic carbocycles. The summed E-state index contributed by atoms with van der Waals surface area (Å²) in [5.74, 6) is -0.843. The van der Waals surface area contributed by atoms with Gasteiger partial charge >= 0.3 is 17.9 Å². The second-order valence-corrected chi connectivity index (χ2v) is 19.6. The van der Waals surface area contributed by atoms with Crippen LogP contribution in [-0.4, -0.2) is 37.2 Å². The fourth-order valence-corrected chi connectivity index (χ4v) is 8.80. The molecule has 0 N–H and O–H groups in total. The Morgan fingerprint density at radius 2 is 0.429 bits per heavy atom. The standard InChI is InChI=1S/C57H110O6/c1-4-7-10-13-16-18-20-22-24-26-27-28-29-31-32-34-36-38-41-44-47-50-56(59)62-53-54(52-61-55(58)49-46-43-40-15-12-9-6-3)63-57(60)51-48-45-42-39-37-35-33-30-25-23-21-19-17-14-11-8-5-2/h54H,4-53H2,1-3H3. The minimum absolute atomic E-state index is 0.0619. The van der Waals surface area contributed by atoms with Gasteiger partial charge in [0, 0.05) is 19.3 Å². The average molecular weight is 892 g/mol. The normalized spacial score (nSPS) is 11.9. The fraction of sp³-hybridized carbons (Fsp3) is 0.947. The predicted molar refractivity (Wildman–Crippen MR) is 270 cm³/mol. The Morgan fingerprint density at radius 3 is 0.635 bits per heavy atom. The topological polar surface area (TPSA) is 78.9 Å². The van der Waals surface area contributed by atoms with Crippen molar-refractivity contribution in [2.45, 2.75) is 335 Å². The van der Waals surface area contributed by atoms with Gasteiger partial charge in [0.25, 0.3) is 0 Å². The minimum Gasteiger partial charge on any atom is -0.462 e. The number of hydrogen-bond acceptors (Lipinski definition) is 6. The van der Waals surface area contributed by atoms with Crippen LogP contribution in [0.2, 0.25) is 0 Å². The molecule has 0 aliphatic carbocycles. The summed E-state index contributed by atoms with van der Waals surface area (Å²) in [6.07, 6.45) is 58.3. The first-order valence-electron chi connectivity index (χ1n) is 28.5. The molecule has 0 radical (unpaired) electrons. The van der Waals surface area contributed by atoms with E-state index in [1.807, 2.05) is 0 Å². The van der Waals surface area contributed by atoms with Crippen molar-refractivity contribution < 1.29 is 28.6 Å². The molecule has 0 saturated heterocycles. The summed E-state index contributed by atoms with van der Waals surface area (Å²) in [4.78, 5) is 37.9. The fourth-order valence-electron chi connectivity index (χ4n) is 8.80. The number of esters is 3. The van der Waals surface area contributed by atoms with Crippen LogP contribution in [0.5, 0.6) is 0 Å². The van der Waals surface area contributed by atoms with Gasteiger partial charge in [0.1, 0.15) is 13.2 Å². The van der Waals surface area contributed by atoms with E-state index in [1.54, 1.807) is 0 Å². The highest BCUT2D eigenvalue weighted by Crippen LogP contribution is 2.18. The second kappa shape index (κ2) is 53.0. The molecule has 1 atom stereocenters. The summed E-state index contributed by atoms with van der Waals surface area (Å²) in [6, 6.07) is 0. The van der Waals surface area contributed by atoms with Crippen molar-refractivity contribution in [1.82, 2.24) is 0 Å². The number of hydrogen-bond donors (Lipinski definition) is 0. The van der Waals surface area contributed by atoms with Crippen molar-refractivity contribution in [3.63, 3.8) is 0 Å². The van der Waals surface area contributed by atoms with E-state index in [0.717, 1.165) is 57.8 Å². The number of carbonyl (C=O) groups excluding carboxylic acids is 3. The number of carbonyl (C=O) groups is 3. The van der Waals surface area contributed by atoms with E-state index in [-0.39, 0.29) is 31.1 Å². The molecule has 0 aromatic heterocycles. The summed E-state index contributed by atoms with van der Waals surface area (Å²) >= 11 is 0. The molecule has 6 heteroatoms. The zero-order chi connectivity index (χ0) is 45.8. The third-order valence-corrected chi connectivity index (χ3v) is 13.1. The van der Waals surface area contributed by atoms with E-state index < -0.39 is 6.10 Å². The van der Waals surface area contributed by atoms with Crippen molar-refractivity contribution in [2.24, 2.45) is 0 Å². The summed E-state index contributed by atoms with van der Waals surface area (Å²) in [6.45, 7) is 6.66. The van der Waals surface area contributed by atoms with Crippen molar-refractivity contribution in [3.05, 3.63) is 0 Å². The highest BCUT2D eigenvalue weighted by Gasteiger charge is 2.19. The smallest absolute Gasteiger partial charge is 0.306 e. The van der Waals surface area contributed by atoms with E-state index in [2.05, 4.69) is 20.8 Å². The Hall–Kier alpha value is -1.59. The molecule has 374 valence electrons. The Balaban J connectivity index is 4.11. The van der Waals surface area contributed by atoms with Crippen molar-refractivity contribution >= 4 is 17.9 Å². The molecule has 0 aromatic rings. The van der Waals surface area contributed by atoms with Crippen LogP contribution in [0.4, 0.5) is 0 Å². The maximum Gasteiger partial charge on any atom is 0.306 e. The third-order valence-electron chi connectivity index (χ3n) is 13.1. The molecule has 0 amide bonds. The predicted octanol–water partition coefficient (Wildman–Crippen LogP) is 18.8. The third kappa shape index (κ3) is 51.3. The maximum atomic E-state index is 12.8. The lowest BCUT2D eigenvalue weighted by atomic mass is 10.0. The van der Waals surface area contributed by atoms with E-state index in [1.165, 1.54) is 231 Å². The number of unbranched alkanes of at least 4 members (excludes halogenated alkanes) is 42. The Labute approximate surface area is 393 Å². The van der Waals surface area contributed by atoms with Crippen LogP contribution in [0.25, 0.3) is 0 Å². The monoisotopic (exact) mass is 891 g/mol. The molecule has 0 heterocycles. The molecule has 6 nitrogen and oxygen atoms in total. The summed E-state index contributed by atoms with van der Waals surface area (Å²) < 4.78 is 16.8. The van der Waals surface area contributed by atoms with Crippen LogP contribution in [0.1, 0.15) is 329 Å². The lowest BCUT2D eigenvalue weighted by Gasteiger charge is -2.18. The van der Waals surface area contributed by atoms with Crippen LogP contribution < -0.4 is 0 Å². The van der Waals surface area contributed by atoms with Gasteiger partial charge in [-0.1, -0.05) is 290 Å². The number of rotatable bonds is 53. The van der Waals surface area contributed by atoms with Gasteiger partial charge in [0.05, 0.1) is 0 Å². The van der Waals surface area contributed by atoms with Gasteiger partial charge < -0.3 is 14.2 Å². The first-order valence-corrected chi connectivity index (χ1v) is 28.5. The lowest BCUT2D eigenvalue weighted by molar-refractivity contribution is -0.167. The molecule has 0 fully saturated rings. The SMILES string of the molecule is CCCCCCCCCCCCCCCCCCCCCCCC(=O)OCC(COC(=O)CCCCCCCCC)OC(=O)CCCCCCCCCCCCCCCCCCC. The lowest BCUT2D eigenvalue weighted by Crippen LogP contribution is -2.30. The van der Waals surface area contributed by atoms with Gasteiger partial charge in [-0.2, -0.15) is 0 Å². The van der Waals surface area contributed by atoms with E-state index in [0.29, 0.717) is 19.3 Å². The quantitative estimate of drug-likeness (QED) is 0.0344. The first-order chi connectivity index (χ1) is 31.0. The molecule has 0 rings (SSSR count). The molecular formula is C57H110O6. The van der Waals surface area contributed by atoms with Crippen LogP contribution >= 0.6 is 0 Å². The van der Waals surface area contributed by atoms with Crippen molar-refractivity contribution in [1.29, 1.82) is 0 Å². The van der Waals surface area contributed by atoms with Gasteiger partial charge in [-0.25, -0.2) is 0 Å². The van der Waals surface area contributed by atoms with E-state index in [9.17, 15) is 14.4 Å². The van der Waals surface area contributed by atoms with Gasteiger partial charge in [-0.15, -0.1) is 0 Å². The first kappa shape index (κ1) is 61.4. The molecule has 1 unspecified atom stereocenters. The van der Waals surface area contributed by atoms with Crippen molar-refractivity contribution in [2.75, 3.05) is 13.2 Å². The summed E-state index contributed by atoms with van der Waals surface area (Å²) in [5, 5.41) is 0. The Morgan fingerprint density at radius 1 is 0.254 bits per heavy atom.